The van der Waals surface area contributed by atoms with Crippen molar-refractivity contribution >= 4 is 69.3 Å². The number of esters is 1. The monoisotopic (exact) mass is 842 g/mol. The summed E-state index contributed by atoms with van der Waals surface area (Å²) in [6, 6.07) is 13.4. The Bertz CT molecular complexity index is 1650. The van der Waals surface area contributed by atoms with Crippen molar-refractivity contribution in [2.45, 2.75) is 26.5 Å². The normalized spacial score (nSPS) is 14.4. The maximum absolute atomic E-state index is 13.2. The molecule has 0 spiro atoms. The highest BCUT2D eigenvalue weighted by molar-refractivity contribution is 14.1. The van der Waals surface area contributed by atoms with Crippen molar-refractivity contribution in [1.29, 1.82) is 0 Å². The lowest BCUT2D eigenvalue weighted by atomic mass is 9.95. The molecule has 1 aliphatic rings. The van der Waals surface area contributed by atoms with E-state index in [0.717, 1.165) is 12.7 Å². The molecule has 3 N–H and O–H groups in total. The molecule has 14 heteroatoms. The summed E-state index contributed by atoms with van der Waals surface area (Å²) in [5.41, 5.74) is 5.07. The van der Waals surface area contributed by atoms with Gasteiger partial charge in [-0.05, 0) is 107 Å². The van der Waals surface area contributed by atoms with E-state index in [-0.39, 0.29) is 42.7 Å². The first-order valence-electron chi connectivity index (χ1n) is 13.5. The van der Waals surface area contributed by atoms with Gasteiger partial charge in [0, 0.05) is 14.8 Å². The third-order valence-electron chi connectivity index (χ3n) is 6.37. The summed E-state index contributed by atoms with van der Waals surface area (Å²) < 4.78 is 37.4. The molecule has 1 atom stereocenters. The van der Waals surface area contributed by atoms with E-state index in [2.05, 4.69) is 66.3 Å². The molecule has 0 bridgehead atoms. The zero-order valence-electron chi connectivity index (χ0n) is 24.4. The lowest BCUT2D eigenvalue weighted by molar-refractivity contribution is -0.139. The molecule has 4 rings (SSSR count). The fourth-order valence-electron chi connectivity index (χ4n) is 4.32. The molecule has 11 nitrogen and oxygen atoms in total. The van der Waals surface area contributed by atoms with Gasteiger partial charge in [-0.1, -0.05) is 18.2 Å². The number of nitrogens with zero attached hydrogens (tertiary/aromatic N) is 1. The molecular formula is C31H29FI2N4O7. The Balaban J connectivity index is 1.41. The standard InChI is InChI=1S/C31H29FI2N4O7/c1-4-43-30(40)27-17(2)36-31(41)37-28(27)19-7-10-24(25(12-19)42-3)44-16-26(39)38-35-14-20-11-22(33)13-23(34)29(20)45-15-18-5-8-21(32)9-6-18/h5-14,28H,4,15-16H2,1-3H3,(H,38,39)(H2,36,37,41)/b35-14+/t28-/m0/s1. The molecular weight excluding hydrogens is 813 g/mol. The van der Waals surface area contributed by atoms with E-state index in [9.17, 15) is 18.8 Å². The van der Waals surface area contributed by atoms with Crippen LogP contribution in [0, 0.1) is 13.0 Å². The van der Waals surface area contributed by atoms with Gasteiger partial charge in [0.2, 0.25) is 0 Å². The second-order valence-corrected chi connectivity index (χ2v) is 11.9. The molecule has 0 unspecified atom stereocenters. The summed E-state index contributed by atoms with van der Waals surface area (Å²) in [7, 11) is 1.43. The van der Waals surface area contributed by atoms with E-state index < -0.39 is 23.9 Å². The van der Waals surface area contributed by atoms with Gasteiger partial charge in [-0.2, -0.15) is 5.10 Å². The van der Waals surface area contributed by atoms with Crippen molar-refractivity contribution in [3.8, 4) is 17.2 Å². The summed E-state index contributed by atoms with van der Waals surface area (Å²) in [4.78, 5) is 37.4. The van der Waals surface area contributed by atoms with Gasteiger partial charge < -0.3 is 29.6 Å². The Labute approximate surface area is 286 Å². The number of nitrogens with one attached hydrogen (secondary N) is 3. The number of rotatable bonds is 12. The number of benzene rings is 3. The van der Waals surface area contributed by atoms with Crippen LogP contribution in [0.2, 0.25) is 0 Å². The number of methoxy groups -OCH3 is 1. The number of hydrazone groups is 1. The summed E-state index contributed by atoms with van der Waals surface area (Å²) in [6.45, 7) is 3.34. The van der Waals surface area contributed by atoms with Gasteiger partial charge in [-0.15, -0.1) is 0 Å². The SMILES string of the molecule is CCOC(=O)C1=C(C)NC(=O)N[C@H]1c1ccc(OCC(=O)N/N=C/c2cc(I)cc(I)c2OCc2ccc(F)cc2)c(OC)c1. The zero-order chi connectivity index (χ0) is 32.5. The summed E-state index contributed by atoms with van der Waals surface area (Å²) in [6.07, 6.45) is 1.47. The van der Waals surface area contributed by atoms with Gasteiger partial charge in [0.1, 0.15) is 18.2 Å². The Morgan fingerprint density at radius 3 is 2.53 bits per heavy atom. The van der Waals surface area contributed by atoms with Crippen LogP contribution in [-0.4, -0.2) is 44.4 Å². The van der Waals surface area contributed by atoms with Gasteiger partial charge in [-0.25, -0.2) is 19.4 Å². The number of halogens is 3. The average molecular weight is 842 g/mol. The first-order chi connectivity index (χ1) is 21.6. The topological polar surface area (TPSA) is 137 Å². The van der Waals surface area contributed by atoms with E-state index in [1.54, 1.807) is 44.2 Å². The summed E-state index contributed by atoms with van der Waals surface area (Å²) >= 11 is 4.33. The van der Waals surface area contributed by atoms with Crippen LogP contribution in [0.15, 0.2) is 71.0 Å². The first kappa shape index (κ1) is 34.0. The Kier molecular flexibility index (Phi) is 12.0. The zero-order valence-corrected chi connectivity index (χ0v) is 28.7. The molecule has 3 amide bonds. The minimum Gasteiger partial charge on any atom is -0.493 e. The van der Waals surface area contributed by atoms with Crippen molar-refractivity contribution in [2.75, 3.05) is 20.3 Å². The van der Waals surface area contributed by atoms with Gasteiger partial charge >= 0.3 is 12.0 Å². The highest BCUT2D eigenvalue weighted by Gasteiger charge is 2.32. The van der Waals surface area contributed by atoms with Crippen LogP contribution in [0.25, 0.3) is 0 Å². The van der Waals surface area contributed by atoms with Gasteiger partial charge in [-0.3, -0.25) is 4.79 Å². The average Bonchev–Trinajstić information content (AvgIpc) is 3.00. The quantitative estimate of drug-likeness (QED) is 0.0970. The Hall–Kier alpha value is -3.93. The Morgan fingerprint density at radius 2 is 1.82 bits per heavy atom. The van der Waals surface area contributed by atoms with Crippen LogP contribution in [0.5, 0.6) is 17.2 Å². The third kappa shape index (κ3) is 9.06. The predicted molar refractivity (Wildman–Crippen MR) is 181 cm³/mol. The minimum absolute atomic E-state index is 0.176. The lowest BCUT2D eigenvalue weighted by Gasteiger charge is -2.28. The fraction of sp³-hybridized carbons (Fsp3) is 0.226. The minimum atomic E-state index is -0.785. The number of urea groups is 1. The molecule has 45 heavy (non-hydrogen) atoms. The molecule has 0 saturated carbocycles. The molecule has 0 fully saturated rings. The molecule has 0 aliphatic carbocycles. The van der Waals surface area contributed by atoms with Crippen molar-refractivity contribution < 1.29 is 37.7 Å². The van der Waals surface area contributed by atoms with Crippen LogP contribution in [-0.2, 0) is 20.9 Å². The van der Waals surface area contributed by atoms with E-state index in [1.807, 2.05) is 12.1 Å². The molecule has 1 heterocycles. The molecule has 1 aliphatic heterocycles. The van der Waals surface area contributed by atoms with Crippen molar-refractivity contribution in [3.63, 3.8) is 0 Å². The molecule has 3 aromatic rings. The number of hydrogen-bond donors (Lipinski definition) is 3. The number of carbonyl (C=O) groups is 3. The van der Waals surface area contributed by atoms with Crippen molar-refractivity contribution in [1.82, 2.24) is 16.1 Å². The van der Waals surface area contributed by atoms with Crippen molar-refractivity contribution in [3.05, 3.63) is 95.5 Å². The molecule has 0 aromatic heterocycles. The largest absolute Gasteiger partial charge is 0.493 e. The van der Waals surface area contributed by atoms with Crippen LogP contribution >= 0.6 is 45.2 Å². The van der Waals surface area contributed by atoms with E-state index >= 15 is 0 Å². The number of allylic oxidation sites excluding steroid dienone is 1. The predicted octanol–water partition coefficient (Wildman–Crippen LogP) is 5.34. The number of carbonyl (C=O) groups excluding carboxylic acids is 3. The summed E-state index contributed by atoms with van der Waals surface area (Å²) in [5.74, 6) is -0.289. The molecule has 0 radical (unpaired) electrons. The lowest BCUT2D eigenvalue weighted by Crippen LogP contribution is -2.45. The summed E-state index contributed by atoms with van der Waals surface area (Å²) in [5, 5.41) is 9.39. The third-order valence-corrected chi connectivity index (χ3v) is 7.79. The second kappa shape index (κ2) is 15.9. The highest BCUT2D eigenvalue weighted by Crippen LogP contribution is 2.34. The van der Waals surface area contributed by atoms with Gasteiger partial charge in [0.15, 0.2) is 18.1 Å². The van der Waals surface area contributed by atoms with E-state index in [1.165, 1.54) is 25.5 Å². The first-order valence-corrected chi connectivity index (χ1v) is 15.7. The van der Waals surface area contributed by atoms with E-state index in [4.69, 9.17) is 18.9 Å². The highest BCUT2D eigenvalue weighted by atomic mass is 127. The van der Waals surface area contributed by atoms with Crippen LogP contribution < -0.4 is 30.3 Å². The molecule has 0 saturated heterocycles. The Morgan fingerprint density at radius 1 is 1.07 bits per heavy atom. The fourth-order valence-corrected chi connectivity index (χ4v) is 6.37. The van der Waals surface area contributed by atoms with Crippen LogP contribution in [0.3, 0.4) is 0 Å². The number of ether oxygens (including phenoxy) is 4. The van der Waals surface area contributed by atoms with Crippen LogP contribution in [0.1, 0.15) is 36.6 Å². The van der Waals surface area contributed by atoms with E-state index in [0.29, 0.717) is 22.6 Å². The number of amides is 3. The van der Waals surface area contributed by atoms with Crippen LogP contribution in [0.4, 0.5) is 9.18 Å². The molecule has 3 aromatic carbocycles. The number of hydrogen-bond acceptors (Lipinski definition) is 8. The van der Waals surface area contributed by atoms with Crippen molar-refractivity contribution in [2.24, 2.45) is 5.10 Å². The molecule has 236 valence electrons. The second-order valence-electron chi connectivity index (χ2n) is 9.50. The van der Waals surface area contributed by atoms with Gasteiger partial charge in [0.05, 0.1) is 35.1 Å². The van der Waals surface area contributed by atoms with Gasteiger partial charge in [0.25, 0.3) is 5.91 Å². The maximum atomic E-state index is 13.2. The maximum Gasteiger partial charge on any atom is 0.338 e. The smallest absolute Gasteiger partial charge is 0.338 e.